The first kappa shape index (κ1) is 6.92. The number of hydrogen-bond acceptors (Lipinski definition) is 2. The van der Waals surface area contributed by atoms with E-state index in [0.717, 1.165) is 6.42 Å². The van der Waals surface area contributed by atoms with Crippen molar-refractivity contribution in [3.05, 3.63) is 23.5 Å². The molecule has 0 aromatic carbocycles. The second-order valence-corrected chi connectivity index (χ2v) is 3.17. The summed E-state index contributed by atoms with van der Waals surface area (Å²) in [6.45, 7) is 0.182. The number of ketones is 1. The van der Waals surface area contributed by atoms with Crippen LogP contribution in [0.25, 0.3) is 0 Å². The summed E-state index contributed by atoms with van der Waals surface area (Å²) in [5.41, 5.74) is 0.663. The second kappa shape index (κ2) is 2.38. The number of Topliss-reactive ketones (excluding diaryl/α,β-unsaturated/α-hetero) is 1. The van der Waals surface area contributed by atoms with Crippen molar-refractivity contribution in [2.45, 2.75) is 11.8 Å². The number of halogens is 1. The van der Waals surface area contributed by atoms with Crippen LogP contribution in [-0.2, 0) is 9.53 Å². The van der Waals surface area contributed by atoms with Crippen LogP contribution in [0.4, 0.5) is 0 Å². The van der Waals surface area contributed by atoms with Crippen LogP contribution in [0.15, 0.2) is 23.5 Å². The van der Waals surface area contributed by atoms with Crippen LogP contribution in [0.2, 0.25) is 0 Å². The highest BCUT2D eigenvalue weighted by molar-refractivity contribution is 6.22. The molecule has 1 aliphatic carbocycles. The van der Waals surface area contributed by atoms with Crippen LogP contribution in [0, 0.1) is 0 Å². The van der Waals surface area contributed by atoms with Crippen molar-refractivity contribution in [3.8, 4) is 0 Å². The summed E-state index contributed by atoms with van der Waals surface area (Å²) in [6, 6.07) is 0. The minimum atomic E-state index is -0.0422. The largest absolute Gasteiger partial charge is 0.485 e. The number of alkyl halides is 1. The number of ether oxygens (including phenoxy) is 1. The molecular weight excluding hydrogens is 164 g/mol. The van der Waals surface area contributed by atoms with E-state index < -0.39 is 0 Å². The average Bonchev–Trinajstić information content (AvgIpc) is 2.33. The van der Waals surface area contributed by atoms with Gasteiger partial charge in [0.25, 0.3) is 0 Å². The molecule has 0 bridgehead atoms. The zero-order valence-corrected chi connectivity index (χ0v) is 6.60. The van der Waals surface area contributed by atoms with E-state index in [4.69, 9.17) is 16.3 Å². The van der Waals surface area contributed by atoms with Crippen LogP contribution in [0.3, 0.4) is 0 Å². The molecule has 1 fully saturated rings. The molecule has 2 rings (SSSR count). The summed E-state index contributed by atoms with van der Waals surface area (Å²) in [6.07, 6.45) is 4.40. The Bertz CT molecular complexity index is 265. The summed E-state index contributed by atoms with van der Waals surface area (Å²) in [4.78, 5) is 11.1. The third kappa shape index (κ3) is 1.07. The van der Waals surface area contributed by atoms with Crippen LogP contribution >= 0.6 is 11.6 Å². The molecule has 2 nitrogen and oxygen atoms in total. The van der Waals surface area contributed by atoms with Crippen LogP contribution in [0.5, 0.6) is 0 Å². The summed E-state index contributed by atoms with van der Waals surface area (Å²) in [5.74, 6) is 0.758. The zero-order valence-electron chi connectivity index (χ0n) is 5.84. The van der Waals surface area contributed by atoms with E-state index in [2.05, 4.69) is 0 Å². The van der Waals surface area contributed by atoms with E-state index >= 15 is 0 Å². The molecular formula is C8H7ClO2. The maximum absolute atomic E-state index is 11.1. The minimum Gasteiger partial charge on any atom is -0.485 e. The van der Waals surface area contributed by atoms with Crippen molar-refractivity contribution >= 4 is 17.4 Å². The van der Waals surface area contributed by atoms with E-state index in [0.29, 0.717) is 11.3 Å². The quantitative estimate of drug-likeness (QED) is 0.514. The van der Waals surface area contributed by atoms with E-state index in [1.807, 2.05) is 6.08 Å². The SMILES string of the molecule is O=C1COC2=CCC(Cl)C=C12. The molecule has 1 saturated heterocycles. The predicted octanol–water partition coefficient (Wildman–Crippen LogP) is 1.41. The molecule has 1 aliphatic heterocycles. The minimum absolute atomic E-state index is 0.0422. The molecule has 0 spiro atoms. The Morgan fingerprint density at radius 3 is 3.27 bits per heavy atom. The number of fused-ring (bicyclic) bond motifs is 1. The molecule has 1 atom stereocenters. The van der Waals surface area contributed by atoms with Crippen LogP contribution in [-0.4, -0.2) is 17.8 Å². The standard InChI is InChI=1S/C8H7ClO2/c9-5-1-2-8-6(3-5)7(10)4-11-8/h2-3,5H,1,4H2. The van der Waals surface area contributed by atoms with Gasteiger partial charge in [-0.3, -0.25) is 4.79 Å². The topological polar surface area (TPSA) is 26.3 Å². The van der Waals surface area contributed by atoms with Gasteiger partial charge in [0.1, 0.15) is 5.76 Å². The molecule has 1 unspecified atom stereocenters. The first-order chi connectivity index (χ1) is 5.27. The molecule has 0 radical (unpaired) electrons. The van der Waals surface area contributed by atoms with Gasteiger partial charge in [-0.25, -0.2) is 0 Å². The van der Waals surface area contributed by atoms with Crippen molar-refractivity contribution < 1.29 is 9.53 Å². The van der Waals surface area contributed by atoms with Gasteiger partial charge >= 0.3 is 0 Å². The van der Waals surface area contributed by atoms with Crippen molar-refractivity contribution in [3.63, 3.8) is 0 Å². The molecule has 0 saturated carbocycles. The van der Waals surface area contributed by atoms with Gasteiger partial charge < -0.3 is 4.74 Å². The van der Waals surface area contributed by atoms with Crippen molar-refractivity contribution in [1.82, 2.24) is 0 Å². The number of hydrogen-bond donors (Lipinski definition) is 0. The van der Waals surface area contributed by atoms with Gasteiger partial charge in [-0.05, 0) is 12.5 Å². The van der Waals surface area contributed by atoms with E-state index in [1.165, 1.54) is 0 Å². The number of allylic oxidation sites excluding steroid dienone is 3. The van der Waals surface area contributed by atoms with Crippen LogP contribution < -0.4 is 0 Å². The fourth-order valence-electron chi connectivity index (χ4n) is 1.25. The Kier molecular flexibility index (Phi) is 1.50. The Morgan fingerprint density at radius 1 is 1.64 bits per heavy atom. The second-order valence-electron chi connectivity index (χ2n) is 2.61. The van der Waals surface area contributed by atoms with Crippen molar-refractivity contribution in [2.75, 3.05) is 6.61 Å². The summed E-state index contributed by atoms with van der Waals surface area (Å²) < 4.78 is 5.10. The normalized spacial score (nSPS) is 28.8. The molecule has 2 aliphatic rings. The monoisotopic (exact) mass is 170 g/mol. The third-order valence-corrected chi connectivity index (χ3v) is 2.10. The zero-order chi connectivity index (χ0) is 7.84. The predicted molar refractivity (Wildman–Crippen MR) is 41.4 cm³/mol. The summed E-state index contributed by atoms with van der Waals surface area (Å²) in [5, 5.41) is -0.0422. The summed E-state index contributed by atoms with van der Waals surface area (Å²) >= 11 is 5.82. The lowest BCUT2D eigenvalue weighted by molar-refractivity contribution is -0.115. The molecule has 3 heteroatoms. The maximum atomic E-state index is 11.1. The molecule has 0 N–H and O–H groups in total. The highest BCUT2D eigenvalue weighted by Gasteiger charge is 2.27. The van der Waals surface area contributed by atoms with Crippen molar-refractivity contribution in [1.29, 1.82) is 0 Å². The lowest BCUT2D eigenvalue weighted by Gasteiger charge is -2.08. The highest BCUT2D eigenvalue weighted by atomic mass is 35.5. The Labute approximate surface area is 69.5 Å². The highest BCUT2D eigenvalue weighted by Crippen LogP contribution is 2.28. The number of carbonyl (C=O) groups is 1. The fraction of sp³-hybridized carbons (Fsp3) is 0.375. The average molecular weight is 171 g/mol. The first-order valence-electron chi connectivity index (χ1n) is 3.50. The van der Waals surface area contributed by atoms with Gasteiger partial charge in [0.15, 0.2) is 6.61 Å². The Balaban J connectivity index is 2.37. The smallest absolute Gasteiger partial charge is 0.203 e. The maximum Gasteiger partial charge on any atom is 0.203 e. The molecule has 11 heavy (non-hydrogen) atoms. The first-order valence-corrected chi connectivity index (χ1v) is 3.93. The number of rotatable bonds is 0. The lowest BCUT2D eigenvalue weighted by atomic mass is 10.0. The summed E-state index contributed by atoms with van der Waals surface area (Å²) in [7, 11) is 0. The van der Waals surface area contributed by atoms with Gasteiger partial charge in [0.05, 0.1) is 11.0 Å². The molecule has 0 aromatic heterocycles. The fourth-order valence-corrected chi connectivity index (χ4v) is 1.46. The molecule has 0 aromatic rings. The van der Waals surface area contributed by atoms with E-state index in [9.17, 15) is 4.79 Å². The Hall–Kier alpha value is -0.760. The van der Waals surface area contributed by atoms with Gasteiger partial charge in [0, 0.05) is 0 Å². The lowest BCUT2D eigenvalue weighted by Crippen LogP contribution is -2.05. The van der Waals surface area contributed by atoms with Gasteiger partial charge in [0.2, 0.25) is 5.78 Å². The van der Waals surface area contributed by atoms with Crippen LogP contribution in [0.1, 0.15) is 6.42 Å². The molecule has 58 valence electrons. The van der Waals surface area contributed by atoms with E-state index in [-0.39, 0.29) is 17.8 Å². The molecule has 0 amide bonds. The van der Waals surface area contributed by atoms with E-state index in [1.54, 1.807) is 6.08 Å². The molecule has 1 heterocycles. The number of carbonyl (C=O) groups excluding carboxylic acids is 1. The van der Waals surface area contributed by atoms with Gasteiger partial charge in [-0.15, -0.1) is 11.6 Å². The third-order valence-electron chi connectivity index (χ3n) is 1.80. The van der Waals surface area contributed by atoms with Gasteiger partial charge in [-0.2, -0.15) is 0 Å². The van der Waals surface area contributed by atoms with Crippen molar-refractivity contribution in [2.24, 2.45) is 0 Å². The van der Waals surface area contributed by atoms with Gasteiger partial charge in [-0.1, -0.05) is 6.08 Å². The Morgan fingerprint density at radius 2 is 2.45 bits per heavy atom.